The minimum Gasteiger partial charge on any atom is -0.0876 e. The lowest BCUT2D eigenvalue weighted by Crippen LogP contribution is -2.12. The number of alkyl halides is 1. The topological polar surface area (TPSA) is 0 Å². The van der Waals surface area contributed by atoms with Gasteiger partial charge in [0.2, 0.25) is 0 Å². The number of rotatable bonds is 1. The molecule has 78 valence electrons. The molecule has 0 bridgehead atoms. The molecule has 0 fully saturated rings. The molecule has 0 aliphatic heterocycles. The zero-order valence-corrected chi connectivity index (χ0v) is 12.3. The van der Waals surface area contributed by atoms with Gasteiger partial charge in [-0.2, -0.15) is 0 Å². The molecular weight excluding hydrogens is 304 g/mol. The highest BCUT2D eigenvalue weighted by atomic mass is 79.9. The SMILES string of the molecule is Cc1cc(C(C)(C)C)cc(CBr)c1Br. The van der Waals surface area contributed by atoms with E-state index in [1.807, 2.05) is 0 Å². The van der Waals surface area contributed by atoms with Gasteiger partial charge in [-0.15, -0.1) is 0 Å². The summed E-state index contributed by atoms with van der Waals surface area (Å²) in [6.07, 6.45) is 0. The van der Waals surface area contributed by atoms with Gasteiger partial charge in [0.25, 0.3) is 0 Å². The summed E-state index contributed by atoms with van der Waals surface area (Å²) in [6, 6.07) is 4.53. The van der Waals surface area contributed by atoms with Gasteiger partial charge < -0.3 is 0 Å². The van der Waals surface area contributed by atoms with Gasteiger partial charge in [0.1, 0.15) is 0 Å². The van der Waals surface area contributed by atoms with Crippen LogP contribution in [-0.4, -0.2) is 0 Å². The van der Waals surface area contributed by atoms with Gasteiger partial charge >= 0.3 is 0 Å². The van der Waals surface area contributed by atoms with Gasteiger partial charge in [-0.1, -0.05) is 64.8 Å². The van der Waals surface area contributed by atoms with Crippen molar-refractivity contribution in [2.75, 3.05) is 0 Å². The fraction of sp³-hybridized carbons (Fsp3) is 0.500. The van der Waals surface area contributed by atoms with Crippen molar-refractivity contribution >= 4 is 31.9 Å². The van der Waals surface area contributed by atoms with E-state index in [-0.39, 0.29) is 5.41 Å². The Morgan fingerprint density at radius 1 is 1.21 bits per heavy atom. The fourth-order valence-corrected chi connectivity index (χ4v) is 2.56. The van der Waals surface area contributed by atoms with Crippen LogP contribution in [0.1, 0.15) is 37.5 Å². The first-order valence-electron chi connectivity index (χ1n) is 4.71. The van der Waals surface area contributed by atoms with E-state index in [1.165, 1.54) is 21.2 Å². The smallest absolute Gasteiger partial charge is 0.0294 e. The molecule has 0 atom stereocenters. The first-order valence-corrected chi connectivity index (χ1v) is 6.63. The van der Waals surface area contributed by atoms with Crippen molar-refractivity contribution in [1.29, 1.82) is 0 Å². The summed E-state index contributed by atoms with van der Waals surface area (Å²) >= 11 is 7.12. The van der Waals surface area contributed by atoms with Crippen molar-refractivity contribution in [2.24, 2.45) is 0 Å². The van der Waals surface area contributed by atoms with Crippen LogP contribution >= 0.6 is 31.9 Å². The number of benzene rings is 1. The van der Waals surface area contributed by atoms with E-state index in [4.69, 9.17) is 0 Å². The van der Waals surface area contributed by atoms with Gasteiger partial charge in [0, 0.05) is 9.80 Å². The molecule has 0 aromatic heterocycles. The Hall–Kier alpha value is 0.180. The third-order valence-electron chi connectivity index (χ3n) is 2.34. The van der Waals surface area contributed by atoms with Crippen molar-refractivity contribution in [2.45, 2.75) is 38.4 Å². The summed E-state index contributed by atoms with van der Waals surface area (Å²) in [6.45, 7) is 8.88. The molecule has 14 heavy (non-hydrogen) atoms. The first-order chi connectivity index (χ1) is 6.36. The van der Waals surface area contributed by atoms with Crippen LogP contribution in [0.25, 0.3) is 0 Å². The largest absolute Gasteiger partial charge is 0.0876 e. The molecule has 1 aromatic carbocycles. The molecule has 0 aliphatic carbocycles. The third kappa shape index (κ3) is 2.60. The average molecular weight is 320 g/mol. The van der Waals surface area contributed by atoms with E-state index < -0.39 is 0 Å². The monoisotopic (exact) mass is 318 g/mol. The van der Waals surface area contributed by atoms with Gasteiger partial charge in [-0.05, 0) is 29.0 Å². The second kappa shape index (κ2) is 4.36. The molecule has 1 aromatic rings. The van der Waals surface area contributed by atoms with Crippen LogP contribution in [-0.2, 0) is 10.7 Å². The Labute approximate surface area is 103 Å². The predicted octanol–water partition coefficient (Wildman–Crippen LogP) is 4.95. The molecule has 2 heteroatoms. The molecule has 0 nitrogen and oxygen atoms in total. The molecule has 0 radical (unpaired) electrons. The van der Waals surface area contributed by atoms with Crippen molar-refractivity contribution in [3.05, 3.63) is 33.3 Å². The summed E-state index contributed by atoms with van der Waals surface area (Å²) in [5, 5.41) is 0.901. The Balaban J connectivity index is 3.30. The minimum atomic E-state index is 0.225. The van der Waals surface area contributed by atoms with Gasteiger partial charge in [-0.25, -0.2) is 0 Å². The van der Waals surface area contributed by atoms with Crippen molar-refractivity contribution in [3.8, 4) is 0 Å². The molecule has 0 aliphatic rings. The molecule has 0 saturated heterocycles. The highest BCUT2D eigenvalue weighted by Crippen LogP contribution is 2.30. The summed E-state index contributed by atoms with van der Waals surface area (Å²) in [7, 11) is 0. The van der Waals surface area contributed by atoms with E-state index >= 15 is 0 Å². The Kier molecular flexibility index (Phi) is 3.81. The maximum atomic E-state index is 3.61. The molecule has 0 saturated carbocycles. The zero-order chi connectivity index (χ0) is 10.9. The van der Waals surface area contributed by atoms with E-state index in [1.54, 1.807) is 0 Å². The lowest BCUT2D eigenvalue weighted by molar-refractivity contribution is 0.589. The van der Waals surface area contributed by atoms with Crippen LogP contribution in [0.3, 0.4) is 0 Å². The average Bonchev–Trinajstić information content (AvgIpc) is 2.07. The molecule has 0 N–H and O–H groups in total. The molecule has 0 spiro atoms. The molecule has 0 amide bonds. The summed E-state index contributed by atoms with van der Waals surface area (Å²) in [4.78, 5) is 0. The third-order valence-corrected chi connectivity index (χ3v) is 4.08. The van der Waals surface area contributed by atoms with Crippen LogP contribution in [0.2, 0.25) is 0 Å². The second-order valence-corrected chi connectivity index (χ2v) is 6.00. The number of hydrogen-bond donors (Lipinski definition) is 0. The van der Waals surface area contributed by atoms with Crippen LogP contribution in [0.4, 0.5) is 0 Å². The molecule has 0 unspecified atom stereocenters. The first kappa shape index (κ1) is 12.3. The predicted molar refractivity (Wildman–Crippen MR) is 70.2 cm³/mol. The number of aryl methyl sites for hydroxylation is 1. The van der Waals surface area contributed by atoms with Crippen LogP contribution in [0.5, 0.6) is 0 Å². The molecular formula is C12H16Br2. The normalized spacial score (nSPS) is 11.9. The summed E-state index contributed by atoms with van der Waals surface area (Å²) < 4.78 is 1.22. The molecule has 0 heterocycles. The second-order valence-electron chi connectivity index (χ2n) is 4.65. The Morgan fingerprint density at radius 2 is 1.79 bits per heavy atom. The maximum absolute atomic E-state index is 3.61. The lowest BCUT2D eigenvalue weighted by Gasteiger charge is -2.21. The van der Waals surface area contributed by atoms with E-state index in [0.29, 0.717) is 0 Å². The van der Waals surface area contributed by atoms with Gasteiger partial charge in [0.05, 0.1) is 0 Å². The van der Waals surface area contributed by atoms with Crippen LogP contribution < -0.4 is 0 Å². The summed E-state index contributed by atoms with van der Waals surface area (Å²) in [5.74, 6) is 0. The van der Waals surface area contributed by atoms with E-state index in [0.717, 1.165) is 5.33 Å². The van der Waals surface area contributed by atoms with Crippen LogP contribution in [0, 0.1) is 6.92 Å². The van der Waals surface area contributed by atoms with Crippen molar-refractivity contribution in [1.82, 2.24) is 0 Å². The summed E-state index contributed by atoms with van der Waals surface area (Å²) in [5.41, 5.74) is 4.26. The molecule has 1 rings (SSSR count). The van der Waals surface area contributed by atoms with Crippen molar-refractivity contribution in [3.63, 3.8) is 0 Å². The van der Waals surface area contributed by atoms with Gasteiger partial charge in [0.15, 0.2) is 0 Å². The fourth-order valence-electron chi connectivity index (χ4n) is 1.37. The zero-order valence-electron chi connectivity index (χ0n) is 9.12. The van der Waals surface area contributed by atoms with Crippen LogP contribution in [0.15, 0.2) is 16.6 Å². The minimum absolute atomic E-state index is 0.225. The quantitative estimate of drug-likeness (QED) is 0.642. The highest BCUT2D eigenvalue weighted by molar-refractivity contribution is 9.10. The Morgan fingerprint density at radius 3 is 2.21 bits per heavy atom. The van der Waals surface area contributed by atoms with Gasteiger partial charge in [-0.3, -0.25) is 0 Å². The number of hydrogen-bond acceptors (Lipinski definition) is 0. The lowest BCUT2D eigenvalue weighted by atomic mass is 9.85. The van der Waals surface area contributed by atoms with E-state index in [9.17, 15) is 0 Å². The van der Waals surface area contributed by atoms with Crippen molar-refractivity contribution < 1.29 is 0 Å². The maximum Gasteiger partial charge on any atom is 0.0294 e. The number of halogens is 2. The standard InChI is InChI=1S/C12H16Br2/c1-8-5-10(12(2,3)4)6-9(7-13)11(8)14/h5-6H,7H2,1-4H3. The Bertz CT molecular complexity index is 335. The highest BCUT2D eigenvalue weighted by Gasteiger charge is 2.16. The van der Waals surface area contributed by atoms with E-state index in [2.05, 4.69) is 71.7 Å².